The summed E-state index contributed by atoms with van der Waals surface area (Å²) in [5.74, 6) is 0.927. The third kappa shape index (κ3) is 4.13. The van der Waals surface area contributed by atoms with Gasteiger partial charge in [-0.25, -0.2) is 4.68 Å². The lowest BCUT2D eigenvalue weighted by Gasteiger charge is -2.15. The highest BCUT2D eigenvalue weighted by atomic mass is 35.5. The summed E-state index contributed by atoms with van der Waals surface area (Å²) in [6.45, 7) is 1.68. The summed E-state index contributed by atoms with van der Waals surface area (Å²) in [5, 5.41) is 14.8. The number of halogens is 1. The predicted octanol–water partition coefficient (Wildman–Crippen LogP) is 2.94. The van der Waals surface area contributed by atoms with Crippen molar-refractivity contribution in [2.45, 2.75) is 13.0 Å². The Labute approximate surface area is 149 Å². The summed E-state index contributed by atoms with van der Waals surface area (Å²) >= 11 is 5.84. The number of nitrogens with one attached hydrogen (secondary N) is 1. The summed E-state index contributed by atoms with van der Waals surface area (Å²) in [4.78, 5) is 12.3. The average molecular weight is 358 g/mol. The average Bonchev–Trinajstić information content (AvgIpc) is 3.03. The number of aromatic nitrogens is 4. The molecule has 0 spiro atoms. The van der Waals surface area contributed by atoms with Crippen molar-refractivity contribution in [3.05, 3.63) is 53.6 Å². The van der Waals surface area contributed by atoms with E-state index in [2.05, 4.69) is 20.8 Å². The lowest BCUT2D eigenvalue weighted by Crippen LogP contribution is -2.30. The van der Waals surface area contributed by atoms with Crippen LogP contribution in [0.1, 0.15) is 6.92 Å². The quantitative estimate of drug-likeness (QED) is 0.759. The third-order valence-electron chi connectivity index (χ3n) is 3.50. The molecule has 8 heteroatoms. The zero-order chi connectivity index (χ0) is 17.8. The van der Waals surface area contributed by atoms with Gasteiger partial charge in [-0.05, 0) is 53.7 Å². The molecule has 1 heterocycles. The minimum Gasteiger partial charge on any atom is -0.481 e. The number of hydrogen-bond acceptors (Lipinski definition) is 5. The maximum absolute atomic E-state index is 12.3. The molecular formula is C17H16ClN5O2. The predicted molar refractivity (Wildman–Crippen MR) is 94.4 cm³/mol. The van der Waals surface area contributed by atoms with Crippen LogP contribution in [0.25, 0.3) is 11.4 Å². The molecule has 1 N–H and O–H groups in total. The number of amides is 1. The van der Waals surface area contributed by atoms with Crippen LogP contribution >= 0.6 is 11.6 Å². The zero-order valence-corrected chi connectivity index (χ0v) is 14.4. The normalized spacial score (nSPS) is 11.8. The van der Waals surface area contributed by atoms with Crippen molar-refractivity contribution in [1.82, 2.24) is 20.2 Å². The van der Waals surface area contributed by atoms with Gasteiger partial charge in [0.1, 0.15) is 5.75 Å². The highest BCUT2D eigenvalue weighted by Crippen LogP contribution is 2.20. The Balaban J connectivity index is 1.68. The molecule has 2 aromatic carbocycles. The van der Waals surface area contributed by atoms with Crippen LogP contribution in [-0.4, -0.2) is 32.2 Å². The first-order valence-electron chi connectivity index (χ1n) is 7.59. The van der Waals surface area contributed by atoms with Crippen molar-refractivity contribution < 1.29 is 9.53 Å². The van der Waals surface area contributed by atoms with Gasteiger partial charge in [0, 0.05) is 23.3 Å². The van der Waals surface area contributed by atoms with E-state index >= 15 is 0 Å². The number of nitrogens with zero attached hydrogens (tertiary/aromatic N) is 4. The van der Waals surface area contributed by atoms with Crippen LogP contribution in [0.3, 0.4) is 0 Å². The Bertz CT molecular complexity index is 879. The van der Waals surface area contributed by atoms with Gasteiger partial charge in [-0.2, -0.15) is 0 Å². The van der Waals surface area contributed by atoms with Crippen molar-refractivity contribution in [3.63, 3.8) is 0 Å². The Hall–Kier alpha value is -2.93. The molecule has 0 bridgehead atoms. The second kappa shape index (κ2) is 7.31. The van der Waals surface area contributed by atoms with Gasteiger partial charge in [-0.3, -0.25) is 4.79 Å². The Morgan fingerprint density at radius 1 is 1.24 bits per heavy atom. The van der Waals surface area contributed by atoms with Crippen LogP contribution in [0.2, 0.25) is 5.02 Å². The van der Waals surface area contributed by atoms with Crippen LogP contribution in [0, 0.1) is 0 Å². The van der Waals surface area contributed by atoms with E-state index in [4.69, 9.17) is 16.3 Å². The lowest BCUT2D eigenvalue weighted by molar-refractivity contribution is -0.122. The molecular weight excluding hydrogens is 342 g/mol. The molecule has 0 aliphatic carbocycles. The zero-order valence-electron chi connectivity index (χ0n) is 13.7. The van der Waals surface area contributed by atoms with Gasteiger partial charge in [0.2, 0.25) is 0 Å². The molecule has 1 amide bonds. The fourth-order valence-corrected chi connectivity index (χ4v) is 2.35. The molecule has 7 nitrogen and oxygen atoms in total. The lowest BCUT2D eigenvalue weighted by atomic mass is 10.2. The second-order valence-corrected chi connectivity index (χ2v) is 5.85. The van der Waals surface area contributed by atoms with E-state index in [1.54, 1.807) is 55.1 Å². The first kappa shape index (κ1) is 16.9. The number of benzene rings is 2. The summed E-state index contributed by atoms with van der Waals surface area (Å²) in [5.41, 5.74) is 1.44. The van der Waals surface area contributed by atoms with Gasteiger partial charge in [-0.15, -0.1) is 5.10 Å². The molecule has 3 aromatic rings. The molecule has 0 aliphatic heterocycles. The Morgan fingerprint density at radius 3 is 2.68 bits per heavy atom. The van der Waals surface area contributed by atoms with Gasteiger partial charge in [0.15, 0.2) is 11.9 Å². The molecule has 128 valence electrons. The number of tetrazole rings is 1. The van der Waals surface area contributed by atoms with E-state index in [-0.39, 0.29) is 5.91 Å². The summed E-state index contributed by atoms with van der Waals surface area (Å²) in [6, 6.07) is 14.1. The number of ether oxygens (including phenoxy) is 1. The minimum absolute atomic E-state index is 0.261. The molecule has 1 unspecified atom stereocenters. The van der Waals surface area contributed by atoms with E-state index in [0.29, 0.717) is 22.3 Å². The van der Waals surface area contributed by atoms with Gasteiger partial charge in [0.25, 0.3) is 5.91 Å². The van der Waals surface area contributed by atoms with E-state index in [1.165, 1.54) is 0 Å². The van der Waals surface area contributed by atoms with Crippen LogP contribution in [0.15, 0.2) is 48.5 Å². The number of hydrogen-bond donors (Lipinski definition) is 1. The minimum atomic E-state index is -0.665. The maximum Gasteiger partial charge on any atom is 0.265 e. The second-order valence-electron chi connectivity index (χ2n) is 5.41. The Kier molecular flexibility index (Phi) is 4.95. The van der Waals surface area contributed by atoms with Gasteiger partial charge in [0.05, 0.1) is 0 Å². The number of aryl methyl sites for hydroxylation is 1. The Morgan fingerprint density at radius 2 is 2.00 bits per heavy atom. The summed E-state index contributed by atoms with van der Waals surface area (Å²) in [6.07, 6.45) is -0.665. The number of rotatable bonds is 5. The molecule has 0 radical (unpaired) electrons. The van der Waals surface area contributed by atoms with E-state index in [1.807, 2.05) is 12.1 Å². The molecule has 0 saturated carbocycles. The monoisotopic (exact) mass is 357 g/mol. The number of anilines is 1. The molecule has 25 heavy (non-hydrogen) atoms. The summed E-state index contributed by atoms with van der Waals surface area (Å²) < 4.78 is 7.18. The summed E-state index contributed by atoms with van der Waals surface area (Å²) in [7, 11) is 1.75. The smallest absolute Gasteiger partial charge is 0.265 e. The van der Waals surface area contributed by atoms with Crippen LogP contribution in [0.5, 0.6) is 5.75 Å². The van der Waals surface area contributed by atoms with Crippen molar-refractivity contribution in [1.29, 1.82) is 0 Å². The SMILES string of the molecule is CC(Oc1ccc(Cl)cc1)C(=O)Nc1cccc(-c2nnnn2C)c1. The highest BCUT2D eigenvalue weighted by Gasteiger charge is 2.15. The number of carbonyl (C=O) groups excluding carboxylic acids is 1. The van der Waals surface area contributed by atoms with Gasteiger partial charge >= 0.3 is 0 Å². The molecule has 0 aliphatic rings. The largest absolute Gasteiger partial charge is 0.481 e. The van der Waals surface area contributed by atoms with Crippen molar-refractivity contribution in [2.24, 2.45) is 7.05 Å². The van der Waals surface area contributed by atoms with E-state index in [0.717, 1.165) is 5.56 Å². The molecule has 0 fully saturated rings. The van der Waals surface area contributed by atoms with Gasteiger partial charge < -0.3 is 10.1 Å². The number of carbonyl (C=O) groups is 1. The molecule has 1 aromatic heterocycles. The van der Waals surface area contributed by atoms with Crippen LogP contribution in [-0.2, 0) is 11.8 Å². The highest BCUT2D eigenvalue weighted by molar-refractivity contribution is 6.30. The maximum atomic E-state index is 12.3. The van der Waals surface area contributed by atoms with E-state index < -0.39 is 6.10 Å². The van der Waals surface area contributed by atoms with Crippen LogP contribution in [0.4, 0.5) is 5.69 Å². The third-order valence-corrected chi connectivity index (χ3v) is 3.76. The molecule has 0 saturated heterocycles. The van der Waals surface area contributed by atoms with Crippen molar-refractivity contribution >= 4 is 23.2 Å². The standard InChI is InChI=1S/C17H16ClN5O2/c1-11(25-15-8-6-13(18)7-9-15)17(24)19-14-5-3-4-12(10-14)16-20-21-22-23(16)2/h3-11H,1-2H3,(H,19,24). The fourth-order valence-electron chi connectivity index (χ4n) is 2.22. The molecule has 3 rings (SSSR count). The topological polar surface area (TPSA) is 81.9 Å². The van der Waals surface area contributed by atoms with Crippen molar-refractivity contribution in [3.8, 4) is 17.1 Å². The first-order valence-corrected chi connectivity index (χ1v) is 7.96. The van der Waals surface area contributed by atoms with Gasteiger partial charge in [-0.1, -0.05) is 23.7 Å². The first-order chi connectivity index (χ1) is 12.0. The fraction of sp³-hybridized carbons (Fsp3) is 0.176. The van der Waals surface area contributed by atoms with Crippen LogP contribution < -0.4 is 10.1 Å². The van der Waals surface area contributed by atoms with E-state index in [9.17, 15) is 4.79 Å². The molecule has 1 atom stereocenters. The van der Waals surface area contributed by atoms with Crippen molar-refractivity contribution in [2.75, 3.05) is 5.32 Å².